The van der Waals surface area contributed by atoms with Gasteiger partial charge < -0.3 is 15.5 Å². The lowest BCUT2D eigenvalue weighted by atomic mass is 9.98. The van der Waals surface area contributed by atoms with E-state index >= 15 is 0 Å². The fourth-order valence-electron chi connectivity index (χ4n) is 4.16. The molecule has 178 valence electrons. The predicted molar refractivity (Wildman–Crippen MR) is 146 cm³/mol. The first-order valence-corrected chi connectivity index (χ1v) is 13.3. The van der Waals surface area contributed by atoms with Gasteiger partial charge in [-0.1, -0.05) is 61.4 Å². The molecule has 0 bridgehead atoms. The van der Waals surface area contributed by atoms with Crippen molar-refractivity contribution in [1.82, 2.24) is 15.2 Å². The summed E-state index contributed by atoms with van der Waals surface area (Å²) in [5.41, 5.74) is 4.57. The number of thiocarbonyl (C=S) groups is 1. The Kier molecular flexibility index (Phi) is 8.29. The number of carbonyl (C=O) groups excluding carboxylic acids is 1. The first-order valence-electron chi connectivity index (χ1n) is 12.0. The van der Waals surface area contributed by atoms with Crippen molar-refractivity contribution in [3.63, 3.8) is 0 Å². The molecule has 0 saturated carbocycles. The van der Waals surface area contributed by atoms with Crippen LogP contribution in [0.4, 0.5) is 5.69 Å². The van der Waals surface area contributed by atoms with Crippen LogP contribution in [0.2, 0.25) is 0 Å². The molecule has 5 nitrogen and oxygen atoms in total. The SMILES string of the molecule is CCCCNC(=S)N1CCC(c2nc(C(=O)Nc3ccccc3-c3ccc(C)cc3)cs2)CC1. The highest BCUT2D eigenvalue weighted by Crippen LogP contribution is 2.32. The number of nitrogens with zero attached hydrogens (tertiary/aromatic N) is 2. The molecule has 1 fully saturated rings. The second-order valence-electron chi connectivity index (χ2n) is 8.78. The van der Waals surface area contributed by atoms with Gasteiger partial charge in [-0.05, 0) is 50.0 Å². The van der Waals surface area contributed by atoms with E-state index in [9.17, 15) is 4.79 Å². The molecule has 4 rings (SSSR count). The van der Waals surface area contributed by atoms with Crippen molar-refractivity contribution < 1.29 is 4.79 Å². The van der Waals surface area contributed by atoms with Gasteiger partial charge in [-0.3, -0.25) is 4.79 Å². The van der Waals surface area contributed by atoms with Gasteiger partial charge in [0.1, 0.15) is 5.69 Å². The molecule has 0 aliphatic carbocycles. The highest BCUT2D eigenvalue weighted by molar-refractivity contribution is 7.80. The summed E-state index contributed by atoms with van der Waals surface area (Å²) in [5.74, 6) is 0.210. The number of amides is 1. The van der Waals surface area contributed by atoms with Crippen molar-refractivity contribution in [2.45, 2.75) is 45.4 Å². The zero-order valence-electron chi connectivity index (χ0n) is 19.8. The number of carbonyl (C=O) groups is 1. The van der Waals surface area contributed by atoms with Gasteiger partial charge in [0.05, 0.1) is 5.01 Å². The summed E-state index contributed by atoms with van der Waals surface area (Å²) in [4.78, 5) is 20.0. The minimum atomic E-state index is -0.166. The van der Waals surface area contributed by atoms with Crippen molar-refractivity contribution in [3.8, 4) is 11.1 Å². The topological polar surface area (TPSA) is 57.3 Å². The van der Waals surface area contributed by atoms with Crippen LogP contribution in [0.5, 0.6) is 0 Å². The van der Waals surface area contributed by atoms with Crippen molar-refractivity contribution in [3.05, 3.63) is 70.2 Å². The van der Waals surface area contributed by atoms with E-state index < -0.39 is 0 Å². The number of para-hydroxylation sites is 1. The molecule has 2 N–H and O–H groups in total. The van der Waals surface area contributed by atoms with Gasteiger partial charge in [0.25, 0.3) is 5.91 Å². The average molecular weight is 493 g/mol. The molecular formula is C27H32N4OS2. The number of likely N-dealkylation sites (tertiary alicyclic amines) is 1. The van der Waals surface area contributed by atoms with Crippen molar-refractivity contribution >= 4 is 40.3 Å². The number of aromatic nitrogens is 1. The fraction of sp³-hybridized carbons (Fsp3) is 0.370. The summed E-state index contributed by atoms with van der Waals surface area (Å²) in [5, 5.41) is 10.2. The number of anilines is 1. The smallest absolute Gasteiger partial charge is 0.275 e. The van der Waals surface area contributed by atoms with E-state index in [1.54, 1.807) is 11.3 Å². The zero-order valence-corrected chi connectivity index (χ0v) is 21.5. The lowest BCUT2D eigenvalue weighted by Gasteiger charge is -2.33. The van der Waals surface area contributed by atoms with E-state index in [-0.39, 0.29) is 5.91 Å². The van der Waals surface area contributed by atoms with Gasteiger partial charge in [0, 0.05) is 42.2 Å². The highest BCUT2D eigenvalue weighted by atomic mass is 32.1. The van der Waals surface area contributed by atoms with Gasteiger partial charge in [-0.2, -0.15) is 0 Å². The number of thiazole rings is 1. The van der Waals surface area contributed by atoms with Crippen molar-refractivity contribution in [2.75, 3.05) is 25.0 Å². The van der Waals surface area contributed by atoms with Gasteiger partial charge in [0.2, 0.25) is 0 Å². The molecule has 3 aromatic rings. The van der Waals surface area contributed by atoms with Crippen LogP contribution >= 0.6 is 23.6 Å². The maximum atomic E-state index is 13.0. The molecule has 2 aromatic carbocycles. The second kappa shape index (κ2) is 11.6. The fourth-order valence-corrected chi connectivity index (χ4v) is 5.41. The third kappa shape index (κ3) is 6.02. The van der Waals surface area contributed by atoms with E-state index in [0.717, 1.165) is 72.3 Å². The first-order chi connectivity index (χ1) is 16.5. The van der Waals surface area contributed by atoms with E-state index in [2.05, 4.69) is 53.6 Å². The number of hydrogen-bond donors (Lipinski definition) is 2. The minimum absolute atomic E-state index is 0.166. The Morgan fingerprint density at radius 3 is 2.62 bits per heavy atom. The Morgan fingerprint density at radius 1 is 1.15 bits per heavy atom. The number of piperidine rings is 1. The third-order valence-corrected chi connectivity index (χ3v) is 7.64. The van der Waals surface area contributed by atoms with Crippen molar-refractivity contribution in [1.29, 1.82) is 0 Å². The normalized spacial score (nSPS) is 14.1. The maximum absolute atomic E-state index is 13.0. The van der Waals surface area contributed by atoms with E-state index in [0.29, 0.717) is 11.6 Å². The lowest BCUT2D eigenvalue weighted by Crippen LogP contribution is -2.44. The van der Waals surface area contributed by atoms with Crippen LogP contribution in [-0.4, -0.2) is 40.5 Å². The average Bonchev–Trinajstić information content (AvgIpc) is 3.36. The molecule has 1 amide bonds. The maximum Gasteiger partial charge on any atom is 0.275 e. The molecule has 1 aliphatic heterocycles. The van der Waals surface area contributed by atoms with Crippen LogP contribution in [0.15, 0.2) is 53.9 Å². The number of nitrogens with one attached hydrogen (secondary N) is 2. The monoisotopic (exact) mass is 492 g/mol. The summed E-state index contributed by atoms with van der Waals surface area (Å²) in [7, 11) is 0. The standard InChI is InChI=1S/C27H32N4OS2/c1-3-4-15-28-27(33)31-16-13-21(14-17-31)26-30-24(18-34-26)25(32)29-23-8-6-5-7-22(23)20-11-9-19(2)10-12-20/h5-12,18,21H,3-4,13-17H2,1-2H3,(H,28,33)(H,29,32). The number of benzene rings is 2. The molecule has 1 aliphatic rings. The van der Waals surface area contributed by atoms with Crippen LogP contribution in [0.1, 0.15) is 59.6 Å². The van der Waals surface area contributed by atoms with Crippen LogP contribution in [0.3, 0.4) is 0 Å². The zero-order chi connectivity index (χ0) is 23.9. The van der Waals surface area contributed by atoms with Crippen LogP contribution < -0.4 is 10.6 Å². The van der Waals surface area contributed by atoms with Crippen molar-refractivity contribution in [2.24, 2.45) is 0 Å². The molecule has 7 heteroatoms. The molecule has 0 atom stereocenters. The summed E-state index contributed by atoms with van der Waals surface area (Å²) < 4.78 is 0. The highest BCUT2D eigenvalue weighted by Gasteiger charge is 2.25. The number of hydrogen-bond acceptors (Lipinski definition) is 4. The molecule has 34 heavy (non-hydrogen) atoms. The van der Waals surface area contributed by atoms with Gasteiger partial charge in [0.15, 0.2) is 5.11 Å². The summed E-state index contributed by atoms with van der Waals surface area (Å²) in [6, 6.07) is 16.2. The minimum Gasteiger partial charge on any atom is -0.363 e. The van der Waals surface area contributed by atoms with Gasteiger partial charge in [-0.25, -0.2) is 4.98 Å². The number of rotatable bonds is 7. The van der Waals surface area contributed by atoms with Gasteiger partial charge in [-0.15, -0.1) is 11.3 Å². The molecule has 0 radical (unpaired) electrons. The molecule has 0 unspecified atom stereocenters. The second-order valence-corrected chi connectivity index (χ2v) is 10.1. The third-order valence-electron chi connectivity index (χ3n) is 6.23. The summed E-state index contributed by atoms with van der Waals surface area (Å²) in [6.45, 7) is 7.04. The Balaban J connectivity index is 1.37. The number of aryl methyl sites for hydroxylation is 1. The molecule has 1 saturated heterocycles. The molecule has 2 heterocycles. The molecule has 0 spiro atoms. The summed E-state index contributed by atoms with van der Waals surface area (Å²) in [6.07, 6.45) is 4.30. The molecule has 1 aromatic heterocycles. The Bertz CT molecular complexity index is 1120. The van der Waals surface area contributed by atoms with E-state index in [1.165, 1.54) is 5.56 Å². The van der Waals surface area contributed by atoms with Crippen LogP contribution in [-0.2, 0) is 0 Å². The van der Waals surface area contributed by atoms with Gasteiger partial charge >= 0.3 is 0 Å². The van der Waals surface area contributed by atoms with Crippen LogP contribution in [0, 0.1) is 6.92 Å². The number of unbranched alkanes of at least 4 members (excludes halogenated alkanes) is 1. The van der Waals surface area contributed by atoms with Crippen LogP contribution in [0.25, 0.3) is 11.1 Å². The largest absolute Gasteiger partial charge is 0.363 e. The summed E-state index contributed by atoms with van der Waals surface area (Å²) >= 11 is 7.13. The lowest BCUT2D eigenvalue weighted by molar-refractivity contribution is 0.102. The first kappa shape index (κ1) is 24.4. The van der Waals surface area contributed by atoms with E-state index in [4.69, 9.17) is 17.2 Å². The van der Waals surface area contributed by atoms with E-state index in [1.807, 2.05) is 29.6 Å². The molecular weight excluding hydrogens is 460 g/mol. The Labute approximate surface area is 211 Å². The predicted octanol–water partition coefficient (Wildman–Crippen LogP) is 6.22. The quantitative estimate of drug-likeness (QED) is 0.303. The Morgan fingerprint density at radius 2 is 1.88 bits per heavy atom. The Hall–Kier alpha value is -2.77.